The molecule has 4 N–H and O–H groups in total. The molecule has 0 aliphatic heterocycles. The fourth-order valence-corrected chi connectivity index (χ4v) is 4.85. The van der Waals surface area contributed by atoms with Crippen LogP contribution in [0, 0.1) is 11.3 Å². The summed E-state index contributed by atoms with van der Waals surface area (Å²) in [5.41, 5.74) is 13.4. The molecule has 1 aliphatic rings. The van der Waals surface area contributed by atoms with Crippen molar-refractivity contribution in [3.05, 3.63) is 34.2 Å². The number of rotatable bonds is 4. The third-order valence-electron chi connectivity index (χ3n) is 4.58. The summed E-state index contributed by atoms with van der Waals surface area (Å²) < 4.78 is 6.79. The predicted molar refractivity (Wildman–Crippen MR) is 108 cm³/mol. The molecule has 1 fully saturated rings. The van der Waals surface area contributed by atoms with Gasteiger partial charge >= 0.3 is 5.88 Å². The third kappa shape index (κ3) is 2.89. The van der Waals surface area contributed by atoms with Crippen LogP contribution in [0.1, 0.15) is 29.3 Å². The Morgan fingerprint density at radius 2 is 2.24 bits per heavy atom. The maximum absolute atomic E-state index is 12.8. The lowest BCUT2D eigenvalue weighted by Crippen LogP contribution is -2.32. The molecule has 1 saturated carbocycles. The van der Waals surface area contributed by atoms with Crippen molar-refractivity contribution in [2.24, 2.45) is 4.99 Å². The number of hydrogen-bond donors (Lipinski definition) is 2. The van der Waals surface area contributed by atoms with Gasteiger partial charge < -0.3 is 16.6 Å². The number of anilines is 2. The smallest absolute Gasteiger partial charge is 0.320 e. The molecule has 4 aromatic heterocycles. The number of aliphatic imine (C=N–C) groups is 1. The monoisotopic (exact) mass is 423 g/mol. The summed E-state index contributed by atoms with van der Waals surface area (Å²) in [7, 11) is 0. The number of hydrogen-bond acceptors (Lipinski definition) is 10. The summed E-state index contributed by atoms with van der Waals surface area (Å²) >= 11 is 2.54. The summed E-state index contributed by atoms with van der Waals surface area (Å²) in [5.74, 6) is -0.345. The van der Waals surface area contributed by atoms with E-state index in [1.807, 2.05) is 17.5 Å². The largest absolute Gasteiger partial charge is 0.857 e. The van der Waals surface area contributed by atoms with Crippen molar-refractivity contribution in [1.82, 2.24) is 10.3 Å². The maximum atomic E-state index is 12.8. The summed E-state index contributed by atoms with van der Waals surface area (Å²) in [5, 5.41) is 28.7. The Balaban J connectivity index is 1.67. The van der Waals surface area contributed by atoms with E-state index in [0.717, 1.165) is 29.1 Å². The van der Waals surface area contributed by atoms with Gasteiger partial charge in [-0.15, -0.1) is 22.7 Å². The van der Waals surface area contributed by atoms with E-state index in [1.54, 1.807) is 10.9 Å². The molecule has 0 atom stereocenters. The lowest BCUT2D eigenvalue weighted by Gasteiger charge is -2.09. The molecule has 0 unspecified atom stereocenters. The summed E-state index contributed by atoms with van der Waals surface area (Å²) in [6.45, 7) is 0. The van der Waals surface area contributed by atoms with Gasteiger partial charge in [0.25, 0.3) is 6.20 Å². The second-order valence-electron chi connectivity index (χ2n) is 6.53. The number of thiophene rings is 2. The fourth-order valence-electron chi connectivity index (χ4n) is 3.07. The maximum Gasteiger partial charge on any atom is 0.320 e. The molecule has 29 heavy (non-hydrogen) atoms. The normalized spacial score (nSPS) is 14.4. The molecule has 0 amide bonds. The average Bonchev–Trinajstić information content (AvgIpc) is 3.09. The van der Waals surface area contributed by atoms with Gasteiger partial charge in [0.15, 0.2) is 6.04 Å². The van der Waals surface area contributed by atoms with Crippen LogP contribution in [0.25, 0.3) is 20.7 Å². The minimum atomic E-state index is -0.557. The van der Waals surface area contributed by atoms with Gasteiger partial charge in [-0.3, -0.25) is 4.52 Å². The first-order valence-electron chi connectivity index (χ1n) is 8.66. The van der Waals surface area contributed by atoms with Crippen LogP contribution in [-0.2, 0) is 0 Å². The van der Waals surface area contributed by atoms with Crippen LogP contribution in [0.2, 0.25) is 0 Å². The zero-order chi connectivity index (χ0) is 20.1. The lowest BCUT2D eigenvalue weighted by molar-refractivity contribution is -0.765. The number of nitrogens with two attached hydrogens (primary N) is 2. The SMILES string of the molecule is N#Cc1c(N)nc2sc(/C([O-])=N/c3c[n+](C4CC4)no3)c(N)c2c1-c1cccs1. The number of pyridine rings is 1. The van der Waals surface area contributed by atoms with Gasteiger partial charge in [-0.1, -0.05) is 6.07 Å². The van der Waals surface area contributed by atoms with Crippen LogP contribution >= 0.6 is 22.7 Å². The molecule has 11 heteroatoms. The highest BCUT2D eigenvalue weighted by Gasteiger charge is 2.35. The average molecular weight is 423 g/mol. The topological polar surface area (TPSA) is 154 Å². The minimum absolute atomic E-state index is 0.0984. The van der Waals surface area contributed by atoms with Crippen molar-refractivity contribution in [2.45, 2.75) is 18.9 Å². The Bertz CT molecular complexity index is 1310. The number of fused-ring (bicyclic) bond motifs is 1. The molecule has 0 bridgehead atoms. The molecule has 0 spiro atoms. The van der Waals surface area contributed by atoms with Gasteiger partial charge in [-0.05, 0) is 16.1 Å². The van der Waals surface area contributed by atoms with E-state index < -0.39 is 5.90 Å². The van der Waals surface area contributed by atoms with Gasteiger partial charge in [0.1, 0.15) is 22.3 Å². The Labute approximate surface area is 172 Å². The van der Waals surface area contributed by atoms with Gasteiger partial charge in [0, 0.05) is 34.6 Å². The second-order valence-corrected chi connectivity index (χ2v) is 8.48. The van der Waals surface area contributed by atoms with Crippen LogP contribution in [0.5, 0.6) is 0 Å². The highest BCUT2D eigenvalue weighted by atomic mass is 32.1. The van der Waals surface area contributed by atoms with E-state index in [-0.39, 0.29) is 27.8 Å². The summed E-state index contributed by atoms with van der Waals surface area (Å²) in [6.07, 6.45) is 3.67. The van der Waals surface area contributed by atoms with E-state index >= 15 is 0 Å². The van der Waals surface area contributed by atoms with Crippen molar-refractivity contribution in [1.29, 1.82) is 5.26 Å². The van der Waals surface area contributed by atoms with E-state index in [4.69, 9.17) is 16.0 Å². The van der Waals surface area contributed by atoms with Crippen molar-refractivity contribution < 1.29 is 14.3 Å². The van der Waals surface area contributed by atoms with E-state index in [0.29, 0.717) is 21.8 Å². The highest BCUT2D eigenvalue weighted by molar-refractivity contribution is 7.21. The van der Waals surface area contributed by atoms with Gasteiger partial charge in [0.05, 0.1) is 10.6 Å². The van der Waals surface area contributed by atoms with Gasteiger partial charge in [0.2, 0.25) is 5.27 Å². The molecule has 0 radical (unpaired) electrons. The lowest BCUT2D eigenvalue weighted by atomic mass is 10.0. The molecule has 0 aromatic carbocycles. The molecular weight excluding hydrogens is 410 g/mol. The van der Waals surface area contributed by atoms with Crippen molar-refractivity contribution in [2.75, 3.05) is 11.5 Å². The molecule has 4 heterocycles. The minimum Gasteiger partial charge on any atom is -0.857 e. The van der Waals surface area contributed by atoms with Crippen LogP contribution in [-0.4, -0.2) is 16.2 Å². The zero-order valence-electron chi connectivity index (χ0n) is 14.8. The Morgan fingerprint density at radius 3 is 2.93 bits per heavy atom. The molecular formula is C18H13N7O2S2. The van der Waals surface area contributed by atoms with E-state index in [1.165, 1.54) is 11.3 Å². The standard InChI is InChI=1S/C18H13N7O2S2/c19-6-9-12(10-2-1-5-28-10)13-14(20)15(29-18(13)23-16(9)21)17(26)22-11-7-25(24-27-11)8-3-4-8/h1-2,5,7-8H,3-4H2,(H4-,20,21,22,23,24,26). The van der Waals surface area contributed by atoms with Crippen molar-refractivity contribution in [3.63, 3.8) is 0 Å². The highest BCUT2D eigenvalue weighted by Crippen LogP contribution is 2.43. The quantitative estimate of drug-likeness (QED) is 0.289. The number of nitriles is 1. The number of nitrogens with zero attached hydrogens (tertiary/aromatic N) is 5. The van der Waals surface area contributed by atoms with Crippen molar-refractivity contribution >= 4 is 56.2 Å². The third-order valence-corrected chi connectivity index (χ3v) is 6.56. The molecule has 9 nitrogen and oxygen atoms in total. The van der Waals surface area contributed by atoms with Crippen LogP contribution in [0.3, 0.4) is 0 Å². The van der Waals surface area contributed by atoms with Crippen LogP contribution in [0.4, 0.5) is 17.4 Å². The Morgan fingerprint density at radius 1 is 1.41 bits per heavy atom. The zero-order valence-corrected chi connectivity index (χ0v) is 16.5. The molecule has 1 aliphatic carbocycles. The first-order valence-corrected chi connectivity index (χ1v) is 10.4. The molecule has 4 aromatic rings. The van der Waals surface area contributed by atoms with E-state index in [2.05, 4.69) is 21.3 Å². The first kappa shape index (κ1) is 17.6. The van der Waals surface area contributed by atoms with Gasteiger partial charge in [-0.2, -0.15) is 5.26 Å². The van der Waals surface area contributed by atoms with E-state index in [9.17, 15) is 10.4 Å². The fraction of sp³-hybridized carbons (Fsp3) is 0.167. The van der Waals surface area contributed by atoms with Crippen molar-refractivity contribution in [3.8, 4) is 16.5 Å². The number of nitrogen functional groups attached to an aromatic ring is 2. The Hall–Kier alpha value is -3.49. The first-order chi connectivity index (χ1) is 14.1. The molecule has 5 rings (SSSR count). The summed E-state index contributed by atoms with van der Waals surface area (Å²) in [6, 6.07) is 6.16. The molecule has 0 saturated heterocycles. The second kappa shape index (κ2) is 6.54. The number of aromatic nitrogens is 3. The summed E-state index contributed by atoms with van der Waals surface area (Å²) in [4.78, 5) is 9.80. The molecule has 144 valence electrons. The van der Waals surface area contributed by atoms with Crippen LogP contribution in [0.15, 0.2) is 33.2 Å². The Kier molecular flexibility index (Phi) is 3.97. The van der Waals surface area contributed by atoms with Gasteiger partial charge in [-0.25, -0.2) is 9.98 Å². The predicted octanol–water partition coefficient (Wildman–Crippen LogP) is 2.11. The van der Waals surface area contributed by atoms with Crippen LogP contribution < -0.4 is 21.3 Å².